The van der Waals surface area contributed by atoms with E-state index in [9.17, 15) is 26.4 Å². The van der Waals surface area contributed by atoms with Gasteiger partial charge in [0.25, 0.3) is 11.5 Å². The van der Waals surface area contributed by atoms with E-state index < -0.39 is 40.0 Å². The van der Waals surface area contributed by atoms with E-state index in [0.29, 0.717) is 0 Å². The molecule has 1 saturated heterocycles. The van der Waals surface area contributed by atoms with Crippen LogP contribution < -0.4 is 5.32 Å². The molecule has 1 amide bonds. The van der Waals surface area contributed by atoms with Crippen molar-refractivity contribution < 1.29 is 35.6 Å². The van der Waals surface area contributed by atoms with E-state index in [1.165, 1.54) is 31.2 Å². The first-order valence-corrected chi connectivity index (χ1v) is 13.9. The number of alkyl halides is 4. The Morgan fingerprint density at radius 3 is 2.65 bits per heavy atom. The van der Waals surface area contributed by atoms with Crippen molar-refractivity contribution in [2.24, 2.45) is 11.1 Å². The largest absolute Gasteiger partial charge is 0.440 e. The predicted octanol–water partition coefficient (Wildman–Crippen LogP) is 4.40. The third-order valence-corrected chi connectivity index (χ3v) is 9.21. The molecule has 2 aliphatic heterocycles. The molecule has 3 heterocycles. The van der Waals surface area contributed by atoms with Crippen molar-refractivity contribution in [2.75, 3.05) is 17.4 Å². The van der Waals surface area contributed by atoms with Gasteiger partial charge in [0.15, 0.2) is 21.3 Å². The third kappa shape index (κ3) is 4.52. The van der Waals surface area contributed by atoms with Crippen LogP contribution in [0.4, 0.5) is 13.2 Å². The van der Waals surface area contributed by atoms with Gasteiger partial charge in [-0.15, -0.1) is 11.6 Å². The molecule has 1 N–H and O–H groups in total. The van der Waals surface area contributed by atoms with E-state index in [2.05, 4.69) is 15.5 Å². The van der Waals surface area contributed by atoms with E-state index >= 15 is 0 Å². The van der Waals surface area contributed by atoms with Gasteiger partial charge in [-0.1, -0.05) is 22.8 Å². The second kappa shape index (κ2) is 9.02. The number of fused-ring (bicyclic) bond motifs is 1. The number of sulfone groups is 1. The molecule has 1 fully saturated rings. The summed E-state index contributed by atoms with van der Waals surface area (Å²) >= 11 is 12.1. The molecule has 8 nitrogen and oxygen atoms in total. The van der Waals surface area contributed by atoms with Gasteiger partial charge >= 0.3 is 6.18 Å². The molecule has 0 bridgehead atoms. The Kier molecular flexibility index (Phi) is 6.35. The highest BCUT2D eigenvalue weighted by Gasteiger charge is 2.63. The highest BCUT2D eigenvalue weighted by Crippen LogP contribution is 2.49. The summed E-state index contributed by atoms with van der Waals surface area (Å²) in [5, 5.41) is 6.62. The predicted molar refractivity (Wildman–Crippen MR) is 131 cm³/mol. The number of amides is 1. The summed E-state index contributed by atoms with van der Waals surface area (Å²) < 4.78 is 71.7. The van der Waals surface area contributed by atoms with Gasteiger partial charge in [0, 0.05) is 34.9 Å². The lowest BCUT2D eigenvalue weighted by atomic mass is 9.82. The molecule has 1 aromatic heterocycles. The van der Waals surface area contributed by atoms with Crippen LogP contribution in [0.25, 0.3) is 11.1 Å². The summed E-state index contributed by atoms with van der Waals surface area (Å²) in [5.41, 5.74) is -2.47. The Balaban J connectivity index is 1.47. The van der Waals surface area contributed by atoms with Crippen molar-refractivity contribution in [3.05, 3.63) is 51.9 Å². The lowest BCUT2D eigenvalue weighted by Gasteiger charge is -2.32. The second-order valence-electron chi connectivity index (χ2n) is 9.23. The number of oxazole rings is 1. The van der Waals surface area contributed by atoms with Gasteiger partial charge in [-0.25, -0.2) is 13.4 Å². The van der Waals surface area contributed by atoms with Crippen LogP contribution >= 0.6 is 23.2 Å². The molecule has 14 heteroatoms. The van der Waals surface area contributed by atoms with E-state index in [1.54, 1.807) is 0 Å². The lowest BCUT2D eigenvalue weighted by molar-refractivity contribution is -0.252. The summed E-state index contributed by atoms with van der Waals surface area (Å²) in [6.07, 6.45) is -2.61. The van der Waals surface area contributed by atoms with Crippen LogP contribution in [0.3, 0.4) is 0 Å². The number of oxime groups is 1. The summed E-state index contributed by atoms with van der Waals surface area (Å²) in [6.45, 7) is 1.53. The number of aryl methyl sites for hydroxylation is 1. The monoisotopic (exact) mass is 577 g/mol. The quantitative estimate of drug-likeness (QED) is 0.527. The molecule has 3 aliphatic rings. The van der Waals surface area contributed by atoms with E-state index in [1.807, 2.05) is 0 Å². The van der Waals surface area contributed by atoms with E-state index in [4.69, 9.17) is 32.5 Å². The maximum absolute atomic E-state index is 14.4. The molecule has 5 rings (SSSR count). The first-order valence-electron chi connectivity index (χ1n) is 11.2. The van der Waals surface area contributed by atoms with Crippen LogP contribution in [0.15, 0.2) is 44.5 Å². The molecule has 2 unspecified atom stereocenters. The molecule has 37 heavy (non-hydrogen) atoms. The number of hydrogen-bond donors (Lipinski definition) is 1. The fourth-order valence-electron chi connectivity index (χ4n) is 4.61. The third-order valence-electron chi connectivity index (χ3n) is 6.60. The Labute approximate surface area is 219 Å². The summed E-state index contributed by atoms with van der Waals surface area (Å²) in [7, 11) is -3.15. The van der Waals surface area contributed by atoms with Crippen molar-refractivity contribution in [3.8, 4) is 0 Å². The topological polar surface area (TPSA) is 111 Å². The first kappa shape index (κ1) is 26.1. The Hall–Kier alpha value is -2.57. The van der Waals surface area contributed by atoms with Gasteiger partial charge in [0.2, 0.25) is 0 Å². The lowest BCUT2D eigenvalue weighted by Crippen LogP contribution is -2.52. The van der Waals surface area contributed by atoms with E-state index in [0.717, 1.165) is 0 Å². The molecule has 2 atom stereocenters. The molecule has 198 valence electrons. The van der Waals surface area contributed by atoms with Crippen LogP contribution in [0, 0.1) is 12.8 Å². The van der Waals surface area contributed by atoms with Crippen LogP contribution in [-0.2, 0) is 14.7 Å². The summed E-state index contributed by atoms with van der Waals surface area (Å²) in [5.74, 6) is -0.841. The van der Waals surface area contributed by atoms with Crippen LogP contribution in [0.1, 0.15) is 34.7 Å². The minimum atomic E-state index is -4.83. The molecule has 2 aromatic rings. The number of halogens is 5. The zero-order valence-electron chi connectivity index (χ0n) is 19.2. The number of benzene rings is 1. The van der Waals surface area contributed by atoms with Crippen LogP contribution in [-0.4, -0.2) is 60.2 Å². The summed E-state index contributed by atoms with van der Waals surface area (Å²) in [6, 6.07) is 2.27. The van der Waals surface area contributed by atoms with Crippen LogP contribution in [0.5, 0.6) is 0 Å². The van der Waals surface area contributed by atoms with Crippen molar-refractivity contribution in [1.29, 1.82) is 0 Å². The molecule has 1 aliphatic carbocycles. The first-order chi connectivity index (χ1) is 17.3. The fraction of sp³-hybridized carbons (Fsp3) is 0.435. The number of nitrogens with zero attached hydrogens (tertiary/aromatic N) is 2. The molecule has 0 spiro atoms. The van der Waals surface area contributed by atoms with Crippen LogP contribution in [0.2, 0.25) is 0 Å². The highest BCUT2D eigenvalue weighted by molar-refractivity contribution is 7.92. The smallest absolute Gasteiger partial charge is 0.435 e. The normalized spacial score (nSPS) is 25.7. The molecule has 0 radical (unpaired) electrons. The Morgan fingerprint density at radius 2 is 2.03 bits per heavy atom. The summed E-state index contributed by atoms with van der Waals surface area (Å²) in [4.78, 5) is 22.2. The van der Waals surface area contributed by atoms with Gasteiger partial charge in [0.1, 0.15) is 5.52 Å². The van der Waals surface area contributed by atoms with Gasteiger partial charge in [-0.05, 0) is 24.6 Å². The second-order valence-corrected chi connectivity index (χ2v) is 12.1. The zero-order valence-corrected chi connectivity index (χ0v) is 21.6. The van der Waals surface area contributed by atoms with Gasteiger partial charge < -0.3 is 14.6 Å². The van der Waals surface area contributed by atoms with Gasteiger partial charge in [-0.2, -0.15) is 13.2 Å². The fourth-order valence-corrected chi connectivity index (χ4v) is 6.56. The average Bonchev–Trinajstić information content (AvgIpc) is 3.41. The number of nitrogens with one attached hydrogen (secondary N) is 1. The number of carbonyl (C=O) groups is 1. The number of aromatic nitrogens is 1. The highest BCUT2D eigenvalue weighted by atomic mass is 35.5. The molecule has 1 aromatic carbocycles. The Bertz CT molecular complexity index is 1490. The molecular weight excluding hydrogens is 558 g/mol. The Morgan fingerprint density at radius 1 is 1.30 bits per heavy atom. The van der Waals surface area contributed by atoms with Crippen molar-refractivity contribution in [1.82, 2.24) is 10.3 Å². The zero-order chi connectivity index (χ0) is 26.8. The number of hydrogen-bond acceptors (Lipinski definition) is 7. The number of rotatable bonds is 5. The maximum atomic E-state index is 14.4. The maximum Gasteiger partial charge on any atom is 0.435 e. The van der Waals surface area contributed by atoms with Crippen molar-refractivity contribution in [2.45, 2.75) is 37.6 Å². The minimum Gasteiger partial charge on any atom is -0.440 e. The minimum absolute atomic E-state index is 0.0300. The molecular formula is C23H20Cl2F3N3O5S. The standard InChI is InChI=1S/C23H20Cl2F3N3O5S/c1-11-29-19-15(4-5-16(20(19)35-11)21(32)30-14-9-37(33,34)10-14)18-7-22(36-31-18,23(26,27)28)13-3-2-12(8-24)17(25)6-13/h3-6,12,14H,2,7-10H2,1H3,(H,30,32). The van der Waals surface area contributed by atoms with Crippen molar-refractivity contribution >= 4 is 55.8 Å². The molecule has 0 saturated carbocycles. The van der Waals surface area contributed by atoms with Crippen molar-refractivity contribution in [3.63, 3.8) is 0 Å². The van der Waals surface area contributed by atoms with E-state index in [-0.39, 0.29) is 74.2 Å². The number of carbonyl (C=O) groups excluding carboxylic acids is 1. The number of allylic oxidation sites excluding steroid dienone is 2. The average molecular weight is 578 g/mol. The van der Waals surface area contributed by atoms with Gasteiger partial charge in [-0.3, -0.25) is 4.79 Å². The van der Waals surface area contributed by atoms with Gasteiger partial charge in [0.05, 0.1) is 35.2 Å². The SMILES string of the molecule is Cc1nc2c(C3=NOC(C4=CCC(CCl)C(Cl)=C4)(C(F)(F)F)C3)ccc(C(=O)NC3CS(=O)(=O)C3)c2o1.